The second-order valence-corrected chi connectivity index (χ2v) is 10.3. The van der Waals surface area contributed by atoms with Crippen molar-refractivity contribution in [3.8, 4) is 5.75 Å². The third-order valence-electron chi connectivity index (χ3n) is 6.83. The Bertz CT molecular complexity index is 747. The molecule has 0 aliphatic carbocycles. The van der Waals surface area contributed by atoms with Crippen LogP contribution in [0.3, 0.4) is 0 Å². The fraction of sp³-hybridized carbons (Fsp3) is 0.714. The minimum Gasteiger partial charge on any atom is -0.497 e. The molecule has 5 rings (SSSR count). The normalized spacial score (nSPS) is 31.0. The van der Waals surface area contributed by atoms with Crippen LogP contribution in [0.4, 0.5) is 0 Å². The van der Waals surface area contributed by atoms with E-state index in [9.17, 15) is 8.42 Å². The Kier molecular flexibility index (Phi) is 6.25. The fourth-order valence-corrected chi connectivity index (χ4v) is 6.26. The molecule has 4 aliphatic heterocycles. The fourth-order valence-electron chi connectivity index (χ4n) is 5.19. The van der Waals surface area contributed by atoms with Crippen LogP contribution >= 0.6 is 0 Å². The molecule has 28 heavy (non-hydrogen) atoms. The van der Waals surface area contributed by atoms with Crippen molar-refractivity contribution in [1.82, 2.24) is 14.5 Å². The van der Waals surface area contributed by atoms with Gasteiger partial charge in [0, 0.05) is 25.7 Å². The van der Waals surface area contributed by atoms with Crippen LogP contribution in [0.5, 0.6) is 5.75 Å². The average molecular weight is 408 g/mol. The van der Waals surface area contributed by atoms with Gasteiger partial charge in [0.2, 0.25) is 10.0 Å². The summed E-state index contributed by atoms with van der Waals surface area (Å²) in [5.41, 5.74) is 0. The summed E-state index contributed by atoms with van der Waals surface area (Å²) >= 11 is 0. The highest BCUT2D eigenvalue weighted by molar-refractivity contribution is 7.89. The van der Waals surface area contributed by atoms with E-state index in [0.717, 1.165) is 31.3 Å². The van der Waals surface area contributed by atoms with E-state index in [1.54, 1.807) is 31.4 Å². The van der Waals surface area contributed by atoms with Crippen molar-refractivity contribution in [2.75, 3.05) is 46.4 Å². The number of likely N-dealkylation sites (tertiary alicyclic amines) is 1. The molecule has 156 valence electrons. The van der Waals surface area contributed by atoms with Crippen molar-refractivity contribution in [3.05, 3.63) is 24.3 Å². The molecular formula is C21H33N3O3S. The lowest BCUT2D eigenvalue weighted by Gasteiger charge is -2.51. The number of hydrogen-bond donors (Lipinski definition) is 1. The molecule has 1 aromatic rings. The van der Waals surface area contributed by atoms with Gasteiger partial charge in [0.05, 0.1) is 12.0 Å². The van der Waals surface area contributed by atoms with E-state index < -0.39 is 10.0 Å². The van der Waals surface area contributed by atoms with Gasteiger partial charge in [0.1, 0.15) is 5.75 Å². The van der Waals surface area contributed by atoms with Crippen LogP contribution in [0.2, 0.25) is 0 Å². The largest absolute Gasteiger partial charge is 0.497 e. The molecular weight excluding hydrogens is 374 g/mol. The van der Waals surface area contributed by atoms with Gasteiger partial charge >= 0.3 is 0 Å². The number of nitrogens with zero attached hydrogens (tertiary/aromatic N) is 2. The molecule has 1 aromatic carbocycles. The molecule has 6 nitrogen and oxygen atoms in total. The van der Waals surface area contributed by atoms with Gasteiger partial charge in [0.15, 0.2) is 0 Å². The van der Waals surface area contributed by atoms with E-state index in [4.69, 9.17) is 4.74 Å². The summed E-state index contributed by atoms with van der Waals surface area (Å²) in [5, 5.41) is 0. The molecule has 0 aromatic heterocycles. The lowest BCUT2D eigenvalue weighted by molar-refractivity contribution is -0.0122. The van der Waals surface area contributed by atoms with Crippen molar-refractivity contribution < 1.29 is 13.2 Å². The number of ether oxygens (including phenoxy) is 1. The van der Waals surface area contributed by atoms with Crippen LogP contribution in [-0.2, 0) is 10.0 Å². The molecule has 4 aliphatic rings. The smallest absolute Gasteiger partial charge is 0.240 e. The second-order valence-electron chi connectivity index (χ2n) is 8.58. The van der Waals surface area contributed by atoms with E-state index in [1.165, 1.54) is 45.3 Å². The molecule has 4 saturated heterocycles. The molecule has 0 amide bonds. The van der Waals surface area contributed by atoms with E-state index in [0.29, 0.717) is 23.2 Å². The number of nitrogens with one attached hydrogen (secondary N) is 1. The second kappa shape index (κ2) is 8.69. The number of fused-ring (bicyclic) bond motifs is 3. The van der Waals surface area contributed by atoms with Crippen LogP contribution in [0.25, 0.3) is 0 Å². The molecule has 1 N–H and O–H groups in total. The van der Waals surface area contributed by atoms with Crippen LogP contribution in [0.1, 0.15) is 32.1 Å². The van der Waals surface area contributed by atoms with Gasteiger partial charge in [-0.3, -0.25) is 4.90 Å². The molecule has 7 heteroatoms. The van der Waals surface area contributed by atoms with Crippen molar-refractivity contribution >= 4 is 10.0 Å². The summed E-state index contributed by atoms with van der Waals surface area (Å²) in [6.45, 7) is 6.47. The maximum Gasteiger partial charge on any atom is 0.240 e. The maximum atomic E-state index is 12.6. The average Bonchev–Trinajstić information content (AvgIpc) is 2.74. The zero-order valence-corrected chi connectivity index (χ0v) is 17.7. The van der Waals surface area contributed by atoms with Crippen LogP contribution in [0.15, 0.2) is 29.2 Å². The number of piperidine rings is 4. The van der Waals surface area contributed by atoms with Crippen molar-refractivity contribution in [2.24, 2.45) is 11.8 Å². The van der Waals surface area contributed by atoms with Gasteiger partial charge in [-0.25, -0.2) is 13.1 Å². The third-order valence-corrected chi connectivity index (χ3v) is 8.27. The van der Waals surface area contributed by atoms with Crippen molar-refractivity contribution in [2.45, 2.75) is 43.0 Å². The van der Waals surface area contributed by atoms with E-state index in [-0.39, 0.29) is 0 Å². The summed E-state index contributed by atoms with van der Waals surface area (Å²) in [5.74, 6) is 2.15. The van der Waals surface area contributed by atoms with Crippen LogP contribution in [0, 0.1) is 11.8 Å². The Hall–Kier alpha value is -1.15. The predicted molar refractivity (Wildman–Crippen MR) is 110 cm³/mol. The first kappa shape index (κ1) is 20.1. The number of rotatable bonds is 7. The number of methoxy groups -OCH3 is 1. The summed E-state index contributed by atoms with van der Waals surface area (Å²) < 4.78 is 33.2. The number of sulfonamides is 1. The zero-order chi connectivity index (χ0) is 19.6. The summed E-state index contributed by atoms with van der Waals surface area (Å²) in [7, 11) is -1.90. The first-order valence-corrected chi connectivity index (χ1v) is 12.1. The van der Waals surface area contributed by atoms with Crippen molar-refractivity contribution in [3.63, 3.8) is 0 Å². The molecule has 4 atom stereocenters. The Morgan fingerprint density at radius 2 is 1.86 bits per heavy atom. The van der Waals surface area contributed by atoms with E-state index in [2.05, 4.69) is 14.5 Å². The minimum absolute atomic E-state index is 0.298. The van der Waals surface area contributed by atoms with Crippen LogP contribution in [-0.4, -0.2) is 70.6 Å². The maximum absolute atomic E-state index is 12.6. The third kappa shape index (κ3) is 4.53. The lowest BCUT2D eigenvalue weighted by Crippen LogP contribution is -2.58. The summed E-state index contributed by atoms with van der Waals surface area (Å²) in [6.07, 6.45) is 6.45. The van der Waals surface area contributed by atoms with Gasteiger partial charge in [0.25, 0.3) is 0 Å². The Labute approximate surface area is 169 Å². The monoisotopic (exact) mass is 407 g/mol. The molecule has 4 heterocycles. The Morgan fingerprint density at radius 1 is 1.11 bits per heavy atom. The summed E-state index contributed by atoms with van der Waals surface area (Å²) in [4.78, 5) is 5.47. The SMILES string of the molecule is COc1ccc(S(=O)(=O)NC[C@@H]2C[C@H]3CCN2C[C@@H]3CN2CCCCC2)cc1. The van der Waals surface area contributed by atoms with E-state index in [1.807, 2.05) is 0 Å². The minimum atomic E-state index is -3.48. The molecule has 0 radical (unpaired) electrons. The molecule has 2 bridgehead atoms. The zero-order valence-electron chi connectivity index (χ0n) is 16.8. The number of benzene rings is 1. The lowest BCUT2D eigenvalue weighted by atomic mass is 9.75. The van der Waals surface area contributed by atoms with Gasteiger partial charge in [-0.1, -0.05) is 6.42 Å². The Morgan fingerprint density at radius 3 is 2.50 bits per heavy atom. The first-order chi connectivity index (χ1) is 13.5. The van der Waals surface area contributed by atoms with Gasteiger partial charge in [-0.2, -0.15) is 0 Å². The highest BCUT2D eigenvalue weighted by Gasteiger charge is 2.40. The topological polar surface area (TPSA) is 61.9 Å². The molecule has 4 fully saturated rings. The first-order valence-electron chi connectivity index (χ1n) is 10.7. The van der Waals surface area contributed by atoms with E-state index >= 15 is 0 Å². The Balaban J connectivity index is 1.31. The van der Waals surface area contributed by atoms with Gasteiger partial charge in [-0.05, 0) is 81.4 Å². The van der Waals surface area contributed by atoms with Crippen molar-refractivity contribution in [1.29, 1.82) is 0 Å². The molecule has 0 spiro atoms. The van der Waals surface area contributed by atoms with Gasteiger partial charge in [-0.15, -0.1) is 0 Å². The predicted octanol–water partition coefficient (Wildman–Crippen LogP) is 2.17. The standard InChI is InChI=1S/C21H33N3O3S/c1-27-20-5-7-21(8-6-20)28(25,26)22-14-19-13-17-9-12-24(19)16-18(17)15-23-10-3-2-4-11-23/h5-8,17-19,22H,2-4,9-16H2,1H3/t17-,18+,19+/m1/s1. The highest BCUT2D eigenvalue weighted by atomic mass is 32.2. The van der Waals surface area contributed by atoms with Gasteiger partial charge < -0.3 is 9.64 Å². The quantitative estimate of drug-likeness (QED) is 0.751. The van der Waals surface area contributed by atoms with Crippen LogP contribution < -0.4 is 9.46 Å². The molecule has 0 saturated carbocycles. The summed E-state index contributed by atoms with van der Waals surface area (Å²) in [6, 6.07) is 6.90. The highest BCUT2D eigenvalue weighted by Crippen LogP contribution is 2.37. The number of hydrogen-bond acceptors (Lipinski definition) is 5. The molecule has 1 unspecified atom stereocenters.